The molecule has 0 aliphatic heterocycles. The van der Waals surface area contributed by atoms with E-state index in [0.717, 1.165) is 20.9 Å². The highest BCUT2D eigenvalue weighted by molar-refractivity contribution is 7.85. The van der Waals surface area contributed by atoms with Gasteiger partial charge in [0.1, 0.15) is 0 Å². The molecule has 22 heavy (non-hydrogen) atoms. The van der Waals surface area contributed by atoms with Crippen molar-refractivity contribution in [3.05, 3.63) is 59.7 Å². The minimum atomic E-state index is -1.17. The second-order valence-corrected chi connectivity index (χ2v) is 6.37. The summed E-state index contributed by atoms with van der Waals surface area (Å²) in [7, 11) is -1.17. The Bertz CT molecular complexity index is 599. The summed E-state index contributed by atoms with van der Waals surface area (Å²) in [6.45, 7) is 7.06. The molecule has 0 saturated heterocycles. The maximum atomic E-state index is 12.5. The van der Waals surface area contributed by atoms with Crippen LogP contribution in [0.4, 0.5) is 0 Å². The first-order valence-corrected chi connectivity index (χ1v) is 8.62. The van der Waals surface area contributed by atoms with Gasteiger partial charge in [0.25, 0.3) is 0 Å². The minimum Gasteiger partial charge on any atom is -0.349 e. The third-order valence-electron chi connectivity index (χ3n) is 3.24. The molecule has 0 spiro atoms. The summed E-state index contributed by atoms with van der Waals surface area (Å²) in [5.74, 6) is 0. The van der Waals surface area contributed by atoms with Crippen LogP contribution in [0.5, 0.6) is 0 Å². The van der Waals surface area contributed by atoms with Crippen molar-refractivity contribution in [3.63, 3.8) is 0 Å². The molecular weight excluding hydrogens is 296 g/mol. The molecule has 0 aliphatic carbocycles. The van der Waals surface area contributed by atoms with Crippen molar-refractivity contribution >= 4 is 10.8 Å². The smallest absolute Gasteiger partial charge is 0.183 e. The fourth-order valence-corrected chi connectivity index (χ4v) is 3.13. The Morgan fingerprint density at radius 3 is 1.77 bits per heavy atom. The van der Waals surface area contributed by atoms with Gasteiger partial charge in [-0.25, -0.2) is 4.21 Å². The van der Waals surface area contributed by atoms with Crippen LogP contribution in [0.2, 0.25) is 0 Å². The second kappa shape index (κ2) is 8.22. The molecule has 1 unspecified atom stereocenters. The summed E-state index contributed by atoms with van der Waals surface area (Å²) in [4.78, 5) is 1.59. The molecule has 2 rings (SSSR count). The standard InChI is InChI=1S/C18H22O3S/c1-4-20-18(21-5-2)15-8-12-17(13-9-15)22(19)16-10-6-14(3)7-11-16/h6-13,18H,4-5H2,1-3H3. The van der Waals surface area contributed by atoms with Crippen LogP contribution in [-0.4, -0.2) is 17.4 Å². The average molecular weight is 318 g/mol. The van der Waals surface area contributed by atoms with Gasteiger partial charge in [0.15, 0.2) is 6.29 Å². The Hall–Kier alpha value is -1.49. The number of hydrogen-bond donors (Lipinski definition) is 0. The Balaban J connectivity index is 2.17. The van der Waals surface area contributed by atoms with E-state index in [9.17, 15) is 4.21 Å². The molecule has 2 aromatic rings. The van der Waals surface area contributed by atoms with Gasteiger partial charge in [-0.2, -0.15) is 0 Å². The van der Waals surface area contributed by atoms with Crippen molar-refractivity contribution in [2.45, 2.75) is 36.9 Å². The topological polar surface area (TPSA) is 35.5 Å². The lowest BCUT2D eigenvalue weighted by Gasteiger charge is -2.17. The summed E-state index contributed by atoms with van der Waals surface area (Å²) >= 11 is 0. The van der Waals surface area contributed by atoms with E-state index in [1.54, 1.807) is 0 Å². The van der Waals surface area contributed by atoms with E-state index in [1.165, 1.54) is 0 Å². The van der Waals surface area contributed by atoms with Gasteiger partial charge in [0.05, 0.1) is 10.8 Å². The van der Waals surface area contributed by atoms with Crippen LogP contribution in [0.25, 0.3) is 0 Å². The van der Waals surface area contributed by atoms with Gasteiger partial charge in [0.2, 0.25) is 0 Å². The van der Waals surface area contributed by atoms with Crippen LogP contribution in [0.15, 0.2) is 58.3 Å². The molecule has 1 atom stereocenters. The number of rotatable bonds is 7. The van der Waals surface area contributed by atoms with Gasteiger partial charge in [-0.15, -0.1) is 0 Å². The lowest BCUT2D eigenvalue weighted by Crippen LogP contribution is -2.08. The van der Waals surface area contributed by atoms with E-state index in [1.807, 2.05) is 69.3 Å². The van der Waals surface area contributed by atoms with Crippen LogP contribution in [0.3, 0.4) is 0 Å². The van der Waals surface area contributed by atoms with Crippen LogP contribution >= 0.6 is 0 Å². The van der Waals surface area contributed by atoms with Crippen molar-refractivity contribution < 1.29 is 13.7 Å². The molecule has 0 bridgehead atoms. The maximum absolute atomic E-state index is 12.5. The fourth-order valence-electron chi connectivity index (χ4n) is 2.09. The molecule has 2 aromatic carbocycles. The van der Waals surface area contributed by atoms with E-state index in [-0.39, 0.29) is 6.29 Å². The molecule has 4 heteroatoms. The Labute approximate surface area is 134 Å². The predicted octanol–water partition coefficient (Wildman–Crippen LogP) is 4.23. The van der Waals surface area contributed by atoms with Gasteiger partial charge in [-0.1, -0.05) is 29.8 Å². The van der Waals surface area contributed by atoms with Gasteiger partial charge in [0, 0.05) is 28.6 Å². The Morgan fingerprint density at radius 2 is 1.32 bits per heavy atom. The molecule has 0 amide bonds. The normalized spacial score (nSPS) is 12.5. The lowest BCUT2D eigenvalue weighted by atomic mass is 10.2. The first-order chi connectivity index (χ1) is 10.7. The Kier molecular flexibility index (Phi) is 6.31. The highest BCUT2D eigenvalue weighted by atomic mass is 32.2. The van der Waals surface area contributed by atoms with E-state index in [2.05, 4.69) is 0 Å². The summed E-state index contributed by atoms with van der Waals surface area (Å²) in [5, 5.41) is 0. The number of aryl methyl sites for hydroxylation is 1. The summed E-state index contributed by atoms with van der Waals surface area (Å²) in [6, 6.07) is 15.3. The SMILES string of the molecule is CCOC(OCC)c1ccc(S(=O)c2ccc(C)cc2)cc1. The molecule has 3 nitrogen and oxygen atoms in total. The molecular formula is C18H22O3S. The third kappa shape index (κ3) is 4.26. The Morgan fingerprint density at radius 1 is 0.864 bits per heavy atom. The first-order valence-electron chi connectivity index (χ1n) is 7.47. The van der Waals surface area contributed by atoms with E-state index in [0.29, 0.717) is 13.2 Å². The van der Waals surface area contributed by atoms with Crippen LogP contribution in [-0.2, 0) is 20.3 Å². The first kappa shape index (κ1) is 16.9. The van der Waals surface area contributed by atoms with Crippen molar-refractivity contribution in [2.24, 2.45) is 0 Å². The van der Waals surface area contributed by atoms with Crippen LogP contribution in [0, 0.1) is 6.92 Å². The highest BCUT2D eigenvalue weighted by Crippen LogP contribution is 2.22. The fraction of sp³-hybridized carbons (Fsp3) is 0.333. The van der Waals surface area contributed by atoms with Crippen molar-refractivity contribution in [3.8, 4) is 0 Å². The molecule has 0 fully saturated rings. The molecule has 0 aliphatic rings. The minimum absolute atomic E-state index is 0.364. The van der Waals surface area contributed by atoms with Crippen molar-refractivity contribution in [1.29, 1.82) is 0 Å². The number of ether oxygens (including phenoxy) is 2. The zero-order chi connectivity index (χ0) is 15.9. The molecule has 118 valence electrons. The van der Waals surface area contributed by atoms with E-state index < -0.39 is 10.8 Å². The zero-order valence-corrected chi connectivity index (χ0v) is 14.1. The predicted molar refractivity (Wildman–Crippen MR) is 88.3 cm³/mol. The van der Waals surface area contributed by atoms with Crippen LogP contribution in [0.1, 0.15) is 31.3 Å². The number of hydrogen-bond acceptors (Lipinski definition) is 3. The summed E-state index contributed by atoms with van der Waals surface area (Å²) in [6.07, 6.45) is -0.364. The lowest BCUT2D eigenvalue weighted by molar-refractivity contribution is -0.140. The monoisotopic (exact) mass is 318 g/mol. The largest absolute Gasteiger partial charge is 0.349 e. The van der Waals surface area contributed by atoms with Gasteiger partial charge in [-0.05, 0) is 45.0 Å². The molecule has 0 saturated carbocycles. The molecule has 0 aromatic heterocycles. The third-order valence-corrected chi connectivity index (χ3v) is 4.64. The maximum Gasteiger partial charge on any atom is 0.183 e. The second-order valence-electron chi connectivity index (χ2n) is 4.89. The van der Waals surface area contributed by atoms with E-state index >= 15 is 0 Å². The zero-order valence-electron chi connectivity index (χ0n) is 13.2. The van der Waals surface area contributed by atoms with E-state index in [4.69, 9.17) is 9.47 Å². The van der Waals surface area contributed by atoms with Gasteiger partial charge >= 0.3 is 0 Å². The van der Waals surface area contributed by atoms with Gasteiger partial charge in [-0.3, -0.25) is 0 Å². The molecule has 0 N–H and O–H groups in total. The summed E-state index contributed by atoms with van der Waals surface area (Å²) in [5.41, 5.74) is 2.10. The van der Waals surface area contributed by atoms with Crippen molar-refractivity contribution in [1.82, 2.24) is 0 Å². The summed E-state index contributed by atoms with van der Waals surface area (Å²) < 4.78 is 23.7. The number of benzene rings is 2. The van der Waals surface area contributed by atoms with Crippen molar-refractivity contribution in [2.75, 3.05) is 13.2 Å². The van der Waals surface area contributed by atoms with Crippen LogP contribution < -0.4 is 0 Å². The quantitative estimate of drug-likeness (QED) is 0.717. The molecule has 0 heterocycles. The van der Waals surface area contributed by atoms with Gasteiger partial charge < -0.3 is 9.47 Å². The average Bonchev–Trinajstić information content (AvgIpc) is 2.55. The molecule has 0 radical (unpaired) electrons. The highest BCUT2D eigenvalue weighted by Gasteiger charge is 2.13.